The van der Waals surface area contributed by atoms with Crippen molar-refractivity contribution in [3.63, 3.8) is 0 Å². The summed E-state index contributed by atoms with van der Waals surface area (Å²) < 4.78 is 0. The molecule has 1 saturated carbocycles. The predicted octanol–water partition coefficient (Wildman–Crippen LogP) is 6.95. The van der Waals surface area contributed by atoms with Crippen LogP contribution in [0.2, 0.25) is 12.1 Å². The molecule has 0 radical (unpaired) electrons. The van der Waals surface area contributed by atoms with Crippen molar-refractivity contribution in [1.82, 2.24) is 0 Å². The molecular formula is C16H32Cl2Si. The standard InChI is InChI=1S/C16H32Cl2Si/c1-14(2)7-6-8-15(3)11-12-19(17,18)13-16-9-4-5-10-16/h14-16H,4-13H2,1-3H3/t15-/m0/s1. The molecule has 0 aliphatic heterocycles. The monoisotopic (exact) mass is 322 g/mol. The van der Waals surface area contributed by atoms with Gasteiger partial charge in [-0.2, -0.15) is 0 Å². The maximum Gasteiger partial charge on any atom is 0.251 e. The first-order chi connectivity index (χ1) is 8.89. The number of halogens is 2. The van der Waals surface area contributed by atoms with Crippen LogP contribution in [0.15, 0.2) is 0 Å². The molecule has 0 bridgehead atoms. The van der Waals surface area contributed by atoms with E-state index in [2.05, 4.69) is 20.8 Å². The van der Waals surface area contributed by atoms with Crippen molar-refractivity contribution < 1.29 is 0 Å². The Morgan fingerprint density at radius 3 is 2.21 bits per heavy atom. The van der Waals surface area contributed by atoms with Gasteiger partial charge in [0.1, 0.15) is 0 Å². The molecule has 114 valence electrons. The summed E-state index contributed by atoms with van der Waals surface area (Å²) in [6.07, 6.45) is 10.8. The van der Waals surface area contributed by atoms with Gasteiger partial charge < -0.3 is 0 Å². The van der Waals surface area contributed by atoms with Crippen molar-refractivity contribution >= 4 is 28.9 Å². The quantitative estimate of drug-likeness (QED) is 0.318. The summed E-state index contributed by atoms with van der Waals surface area (Å²) in [6.45, 7) is 5.04. The minimum absolute atomic E-state index is 0.798. The summed E-state index contributed by atoms with van der Waals surface area (Å²) in [5.74, 6) is 2.48. The summed E-state index contributed by atoms with van der Waals surface area (Å²) in [5.41, 5.74) is 0. The Labute approximate surface area is 131 Å². The van der Waals surface area contributed by atoms with E-state index in [0.29, 0.717) is 0 Å². The number of hydrogen-bond acceptors (Lipinski definition) is 0. The van der Waals surface area contributed by atoms with Crippen molar-refractivity contribution in [2.24, 2.45) is 17.8 Å². The second kappa shape index (κ2) is 8.95. The van der Waals surface area contributed by atoms with Crippen LogP contribution in [-0.4, -0.2) is 6.69 Å². The Kier molecular flexibility index (Phi) is 8.40. The molecule has 0 nitrogen and oxygen atoms in total. The molecule has 0 aromatic heterocycles. The minimum atomic E-state index is -1.95. The largest absolute Gasteiger partial charge is 0.251 e. The van der Waals surface area contributed by atoms with Crippen LogP contribution in [0.1, 0.15) is 72.1 Å². The van der Waals surface area contributed by atoms with Crippen LogP contribution >= 0.6 is 22.2 Å². The summed E-state index contributed by atoms with van der Waals surface area (Å²) in [7, 11) is 0. The van der Waals surface area contributed by atoms with Crippen molar-refractivity contribution in [2.75, 3.05) is 0 Å². The summed E-state index contributed by atoms with van der Waals surface area (Å²) in [4.78, 5) is 0. The first-order valence-corrected chi connectivity index (χ1v) is 12.7. The average molecular weight is 323 g/mol. The Balaban J connectivity index is 2.14. The smallest absolute Gasteiger partial charge is 0.146 e. The lowest BCUT2D eigenvalue weighted by atomic mass is 9.98. The molecular weight excluding hydrogens is 291 g/mol. The molecule has 0 aromatic rings. The van der Waals surface area contributed by atoms with E-state index in [9.17, 15) is 0 Å². The fourth-order valence-corrected chi connectivity index (χ4v) is 7.55. The molecule has 0 unspecified atom stereocenters. The molecule has 0 aromatic carbocycles. The Bertz CT molecular complexity index is 235. The zero-order valence-electron chi connectivity index (χ0n) is 13.1. The molecule has 1 rings (SSSR count). The number of rotatable bonds is 9. The van der Waals surface area contributed by atoms with Crippen molar-refractivity contribution in [1.29, 1.82) is 0 Å². The molecule has 0 N–H and O–H groups in total. The highest BCUT2D eigenvalue weighted by Gasteiger charge is 2.33. The van der Waals surface area contributed by atoms with Gasteiger partial charge in [-0.25, -0.2) is 0 Å². The first-order valence-electron chi connectivity index (χ1n) is 8.27. The zero-order chi connectivity index (χ0) is 14.3. The van der Waals surface area contributed by atoms with Gasteiger partial charge in [0.2, 0.25) is 0 Å². The van der Waals surface area contributed by atoms with Gasteiger partial charge in [0.25, 0.3) is 6.69 Å². The van der Waals surface area contributed by atoms with E-state index in [4.69, 9.17) is 22.2 Å². The Morgan fingerprint density at radius 2 is 1.63 bits per heavy atom. The van der Waals surface area contributed by atoms with Gasteiger partial charge in [0.05, 0.1) is 0 Å². The fraction of sp³-hybridized carbons (Fsp3) is 1.00. The van der Waals surface area contributed by atoms with E-state index in [0.717, 1.165) is 29.8 Å². The maximum atomic E-state index is 6.65. The third-order valence-electron chi connectivity index (χ3n) is 4.54. The molecule has 1 aliphatic rings. The zero-order valence-corrected chi connectivity index (χ0v) is 15.6. The van der Waals surface area contributed by atoms with Crippen LogP contribution in [0.4, 0.5) is 0 Å². The molecule has 3 heteroatoms. The van der Waals surface area contributed by atoms with Crippen LogP contribution in [0, 0.1) is 17.8 Å². The van der Waals surface area contributed by atoms with E-state index < -0.39 is 6.69 Å². The van der Waals surface area contributed by atoms with Crippen LogP contribution in [0.25, 0.3) is 0 Å². The van der Waals surface area contributed by atoms with Crippen LogP contribution < -0.4 is 0 Å². The van der Waals surface area contributed by atoms with Crippen molar-refractivity contribution in [3.8, 4) is 0 Å². The molecule has 19 heavy (non-hydrogen) atoms. The van der Waals surface area contributed by atoms with Gasteiger partial charge in [-0.1, -0.05) is 72.1 Å². The second-order valence-electron chi connectivity index (χ2n) is 7.18. The number of hydrogen-bond donors (Lipinski definition) is 0. The second-order valence-corrected chi connectivity index (χ2v) is 14.7. The van der Waals surface area contributed by atoms with Gasteiger partial charge in [-0.05, 0) is 29.8 Å². The highest BCUT2D eigenvalue weighted by molar-refractivity contribution is 7.45. The van der Waals surface area contributed by atoms with E-state index in [1.54, 1.807) is 0 Å². The van der Waals surface area contributed by atoms with Gasteiger partial charge in [-0.15, -0.1) is 22.2 Å². The van der Waals surface area contributed by atoms with Gasteiger partial charge >= 0.3 is 0 Å². The van der Waals surface area contributed by atoms with Crippen molar-refractivity contribution in [3.05, 3.63) is 0 Å². The van der Waals surface area contributed by atoms with Crippen LogP contribution in [0.5, 0.6) is 0 Å². The highest BCUT2D eigenvalue weighted by Crippen LogP contribution is 2.38. The SMILES string of the molecule is CC(C)CCC[C@H](C)CC[Si](Cl)(Cl)CC1CCCC1. The lowest BCUT2D eigenvalue weighted by Crippen LogP contribution is -2.23. The first kappa shape index (κ1) is 17.8. The molecule has 1 atom stereocenters. The predicted molar refractivity (Wildman–Crippen MR) is 91.5 cm³/mol. The summed E-state index contributed by atoms with van der Waals surface area (Å²) in [6, 6.07) is 2.25. The van der Waals surface area contributed by atoms with Gasteiger partial charge in [0.15, 0.2) is 0 Å². The minimum Gasteiger partial charge on any atom is -0.146 e. The molecule has 0 heterocycles. The molecule has 0 amide bonds. The van der Waals surface area contributed by atoms with Gasteiger partial charge in [0, 0.05) is 0 Å². The van der Waals surface area contributed by atoms with Crippen LogP contribution in [-0.2, 0) is 0 Å². The van der Waals surface area contributed by atoms with Crippen molar-refractivity contribution in [2.45, 2.75) is 84.2 Å². The van der Waals surface area contributed by atoms with E-state index in [1.807, 2.05) is 0 Å². The highest BCUT2D eigenvalue weighted by atomic mass is 35.7. The maximum absolute atomic E-state index is 6.65. The third kappa shape index (κ3) is 8.62. The molecule has 1 fully saturated rings. The van der Waals surface area contributed by atoms with Gasteiger partial charge in [-0.3, -0.25) is 0 Å². The van der Waals surface area contributed by atoms with E-state index in [-0.39, 0.29) is 0 Å². The Morgan fingerprint density at radius 1 is 1.00 bits per heavy atom. The lowest BCUT2D eigenvalue weighted by molar-refractivity contribution is 0.447. The molecule has 0 spiro atoms. The summed E-state index contributed by atoms with van der Waals surface area (Å²) >= 11 is 13.3. The molecule has 0 saturated heterocycles. The average Bonchev–Trinajstić information content (AvgIpc) is 2.78. The topological polar surface area (TPSA) is 0 Å². The van der Waals surface area contributed by atoms with E-state index in [1.165, 1.54) is 51.4 Å². The van der Waals surface area contributed by atoms with Crippen LogP contribution in [0.3, 0.4) is 0 Å². The van der Waals surface area contributed by atoms with E-state index >= 15 is 0 Å². The normalized spacial score (nSPS) is 19.3. The fourth-order valence-electron chi connectivity index (χ4n) is 3.22. The summed E-state index contributed by atoms with van der Waals surface area (Å²) in [5, 5.41) is 0. The third-order valence-corrected chi connectivity index (χ3v) is 8.80. The molecule has 1 aliphatic carbocycles. The lowest BCUT2D eigenvalue weighted by Gasteiger charge is -2.22. The Hall–Kier alpha value is 0.797.